The van der Waals surface area contributed by atoms with Crippen LogP contribution in [0.5, 0.6) is 0 Å². The topological polar surface area (TPSA) is 149 Å². The Labute approximate surface area is 440 Å². The predicted octanol–water partition coefficient (Wildman–Crippen LogP) is 16.2. The van der Waals surface area contributed by atoms with E-state index in [0.717, 1.165) is 38.5 Å². The summed E-state index contributed by atoms with van der Waals surface area (Å²) in [5, 5.41) is 54.7. The Morgan fingerprint density at radius 2 is 0.704 bits per heavy atom. The second kappa shape index (κ2) is 52.6. The third kappa shape index (κ3) is 42.0. The van der Waals surface area contributed by atoms with Crippen LogP contribution in [0.1, 0.15) is 335 Å². The normalized spacial score (nSPS) is 19.1. The van der Waals surface area contributed by atoms with Crippen molar-refractivity contribution in [3.8, 4) is 0 Å². The second-order valence-electron chi connectivity index (χ2n) is 22.6. The summed E-state index contributed by atoms with van der Waals surface area (Å²) in [5.41, 5.74) is 0. The Hall–Kier alpha value is -0.810. The fourth-order valence-electron chi connectivity index (χ4n) is 10.7. The predicted molar refractivity (Wildman–Crippen MR) is 300 cm³/mol. The van der Waals surface area contributed by atoms with Crippen molar-refractivity contribution in [2.75, 3.05) is 13.2 Å². The van der Waals surface area contributed by atoms with E-state index >= 15 is 0 Å². The number of unbranched alkanes of at least 4 members (excludes halogenated alkanes) is 46. The van der Waals surface area contributed by atoms with Crippen LogP contribution in [-0.2, 0) is 14.3 Å². The highest BCUT2D eigenvalue weighted by Crippen LogP contribution is 2.24. The average molecular weight is 1010 g/mol. The lowest BCUT2D eigenvalue weighted by atomic mass is 9.99. The molecule has 424 valence electrons. The fraction of sp³-hybridized carbons (Fsp3) is 0.984. The van der Waals surface area contributed by atoms with Gasteiger partial charge in [0.2, 0.25) is 5.91 Å². The van der Waals surface area contributed by atoms with Gasteiger partial charge in [0.05, 0.1) is 25.4 Å². The zero-order valence-electron chi connectivity index (χ0n) is 47.3. The quantitative estimate of drug-likeness (QED) is 0.0330. The Morgan fingerprint density at radius 1 is 0.423 bits per heavy atom. The van der Waals surface area contributed by atoms with E-state index in [9.17, 15) is 30.3 Å². The number of carbonyl (C=O) groups is 1. The van der Waals surface area contributed by atoms with Gasteiger partial charge in [0, 0.05) is 6.42 Å². The molecule has 0 aromatic rings. The molecule has 0 bridgehead atoms. The van der Waals surface area contributed by atoms with Gasteiger partial charge in [-0.2, -0.15) is 0 Å². The molecule has 0 saturated carbocycles. The van der Waals surface area contributed by atoms with Gasteiger partial charge in [0.15, 0.2) is 6.29 Å². The SMILES string of the molecule is CCCCCCCCCCCCCCCCCCCCCCCCCCCCCCCCCCC(=O)N[C@@H](CO[C@@H]1O[C@H](CO)[C@@H](O)C(O)C1O)[C@H](O)CCCCCCCCCCCCCCCCCC. The zero-order valence-corrected chi connectivity index (χ0v) is 47.3. The van der Waals surface area contributed by atoms with Crippen molar-refractivity contribution >= 4 is 5.91 Å². The summed E-state index contributed by atoms with van der Waals surface area (Å²) in [4.78, 5) is 13.1. The average Bonchev–Trinajstić information content (AvgIpc) is 3.37. The van der Waals surface area contributed by atoms with Crippen LogP contribution in [-0.4, -0.2) is 87.5 Å². The number of aliphatic hydroxyl groups is 5. The lowest BCUT2D eigenvalue weighted by Gasteiger charge is -2.40. The number of ether oxygens (including phenoxy) is 2. The standard InChI is InChI=1S/C62H123NO8/c1-3-5-7-9-11-13-15-17-19-21-22-23-24-25-26-27-28-29-30-31-32-33-34-35-36-38-40-42-44-46-48-50-52-58(66)63-55(54-70-62-61(69)60(68)59(67)57(53-64)71-62)56(65)51-49-47-45-43-41-39-37-20-18-16-14-12-10-8-6-4-2/h55-57,59-62,64-65,67-69H,3-54H2,1-2H3,(H,63,66)/t55-,56+,57+,59+,60?,61?,62+/m0/s1. The lowest BCUT2D eigenvalue weighted by Crippen LogP contribution is -2.60. The van der Waals surface area contributed by atoms with Crippen molar-refractivity contribution in [2.24, 2.45) is 0 Å². The smallest absolute Gasteiger partial charge is 0.220 e. The van der Waals surface area contributed by atoms with Crippen LogP contribution in [0.25, 0.3) is 0 Å². The minimum absolute atomic E-state index is 0.131. The minimum atomic E-state index is -1.55. The highest BCUT2D eigenvalue weighted by Gasteiger charge is 2.44. The molecule has 9 nitrogen and oxygen atoms in total. The van der Waals surface area contributed by atoms with Crippen LogP contribution >= 0.6 is 0 Å². The van der Waals surface area contributed by atoms with E-state index in [2.05, 4.69) is 19.2 Å². The monoisotopic (exact) mass is 1010 g/mol. The maximum atomic E-state index is 13.1. The third-order valence-corrected chi connectivity index (χ3v) is 15.7. The molecule has 1 aliphatic heterocycles. The number of hydrogen-bond acceptors (Lipinski definition) is 8. The molecule has 9 heteroatoms. The Balaban J connectivity index is 2.08. The second-order valence-corrected chi connectivity index (χ2v) is 22.6. The Bertz CT molecular complexity index is 1080. The van der Waals surface area contributed by atoms with Crippen LogP contribution in [0.4, 0.5) is 0 Å². The summed E-state index contributed by atoms with van der Waals surface area (Å²) in [6.07, 6.45) is 57.3. The summed E-state index contributed by atoms with van der Waals surface area (Å²) in [6, 6.07) is -0.713. The van der Waals surface area contributed by atoms with E-state index in [1.165, 1.54) is 270 Å². The number of rotatable bonds is 56. The summed E-state index contributed by atoms with van der Waals surface area (Å²) in [6.45, 7) is 3.89. The van der Waals surface area contributed by atoms with Gasteiger partial charge in [-0.05, 0) is 12.8 Å². The molecular formula is C62H123NO8. The molecule has 7 atom stereocenters. The van der Waals surface area contributed by atoms with E-state index in [1.807, 2.05) is 0 Å². The Morgan fingerprint density at radius 3 is 1.00 bits per heavy atom. The fourth-order valence-corrected chi connectivity index (χ4v) is 10.7. The number of nitrogens with one attached hydrogen (secondary N) is 1. The van der Waals surface area contributed by atoms with Gasteiger partial charge in [0.25, 0.3) is 0 Å². The summed E-state index contributed by atoms with van der Waals surface area (Å²) >= 11 is 0. The molecule has 0 aliphatic carbocycles. The van der Waals surface area contributed by atoms with Crippen molar-refractivity contribution in [1.82, 2.24) is 5.32 Å². The molecule has 0 aromatic carbocycles. The first-order valence-corrected chi connectivity index (χ1v) is 31.7. The molecule has 71 heavy (non-hydrogen) atoms. The maximum Gasteiger partial charge on any atom is 0.220 e. The molecule has 1 saturated heterocycles. The van der Waals surface area contributed by atoms with Crippen molar-refractivity contribution < 1.29 is 39.8 Å². The number of aliphatic hydroxyl groups excluding tert-OH is 5. The van der Waals surface area contributed by atoms with Gasteiger partial charge in [-0.1, -0.05) is 316 Å². The van der Waals surface area contributed by atoms with Gasteiger partial charge in [-0.15, -0.1) is 0 Å². The van der Waals surface area contributed by atoms with Gasteiger partial charge in [-0.3, -0.25) is 4.79 Å². The molecule has 0 spiro atoms. The number of amides is 1. The molecule has 1 amide bonds. The molecule has 1 fully saturated rings. The van der Waals surface area contributed by atoms with Gasteiger partial charge < -0.3 is 40.3 Å². The molecule has 0 aromatic heterocycles. The summed E-state index contributed by atoms with van der Waals surface area (Å²) in [5.74, 6) is -0.135. The lowest BCUT2D eigenvalue weighted by molar-refractivity contribution is -0.302. The molecule has 1 aliphatic rings. The van der Waals surface area contributed by atoms with Crippen LogP contribution in [0, 0.1) is 0 Å². The number of hydrogen-bond donors (Lipinski definition) is 6. The van der Waals surface area contributed by atoms with Crippen LogP contribution in [0.2, 0.25) is 0 Å². The Kier molecular flexibility index (Phi) is 50.6. The van der Waals surface area contributed by atoms with Gasteiger partial charge in [0.1, 0.15) is 24.4 Å². The van der Waals surface area contributed by atoms with Crippen LogP contribution < -0.4 is 5.32 Å². The van der Waals surface area contributed by atoms with E-state index in [1.54, 1.807) is 0 Å². The van der Waals surface area contributed by atoms with Gasteiger partial charge >= 0.3 is 0 Å². The van der Waals surface area contributed by atoms with Gasteiger partial charge in [-0.25, -0.2) is 0 Å². The first-order valence-electron chi connectivity index (χ1n) is 31.7. The molecular weight excluding hydrogens is 887 g/mol. The third-order valence-electron chi connectivity index (χ3n) is 15.7. The van der Waals surface area contributed by atoms with Crippen LogP contribution in [0.3, 0.4) is 0 Å². The van der Waals surface area contributed by atoms with Crippen molar-refractivity contribution in [3.63, 3.8) is 0 Å². The maximum absolute atomic E-state index is 13.1. The molecule has 1 rings (SSSR count). The van der Waals surface area contributed by atoms with E-state index < -0.39 is 49.5 Å². The zero-order chi connectivity index (χ0) is 51.5. The molecule has 0 radical (unpaired) electrons. The first kappa shape index (κ1) is 68.2. The largest absolute Gasteiger partial charge is 0.394 e. The van der Waals surface area contributed by atoms with E-state index in [0.29, 0.717) is 12.8 Å². The van der Waals surface area contributed by atoms with E-state index in [4.69, 9.17) is 9.47 Å². The van der Waals surface area contributed by atoms with Crippen molar-refractivity contribution in [1.29, 1.82) is 0 Å². The van der Waals surface area contributed by atoms with E-state index in [-0.39, 0.29) is 12.5 Å². The van der Waals surface area contributed by atoms with Crippen LogP contribution in [0.15, 0.2) is 0 Å². The number of carbonyl (C=O) groups excluding carboxylic acids is 1. The molecule has 6 N–H and O–H groups in total. The minimum Gasteiger partial charge on any atom is -0.394 e. The highest BCUT2D eigenvalue weighted by atomic mass is 16.7. The van der Waals surface area contributed by atoms with Crippen molar-refractivity contribution in [2.45, 2.75) is 378 Å². The molecule has 2 unspecified atom stereocenters. The summed E-state index contributed by atoms with van der Waals surface area (Å²) in [7, 11) is 0. The molecule has 1 heterocycles. The van der Waals surface area contributed by atoms with Crippen molar-refractivity contribution in [3.05, 3.63) is 0 Å². The summed E-state index contributed by atoms with van der Waals surface area (Å²) < 4.78 is 11.3. The highest BCUT2D eigenvalue weighted by molar-refractivity contribution is 5.76. The first-order chi connectivity index (χ1) is 34.8.